The van der Waals surface area contributed by atoms with E-state index in [-0.39, 0.29) is 12.3 Å². The van der Waals surface area contributed by atoms with Crippen molar-refractivity contribution in [2.24, 2.45) is 5.10 Å². The largest absolute Gasteiger partial charge is 0.489 e. The Hall–Kier alpha value is -5.23. The molecule has 4 aromatic rings. The molecule has 0 heterocycles. The van der Waals surface area contributed by atoms with Crippen molar-refractivity contribution < 1.29 is 27.6 Å². The van der Waals surface area contributed by atoms with Crippen molar-refractivity contribution in [3.8, 4) is 17.2 Å². The number of nitrogens with zero attached hydrogens (tertiary/aromatic N) is 3. The van der Waals surface area contributed by atoms with E-state index in [2.05, 4.69) is 10.5 Å². The predicted molar refractivity (Wildman–Crippen MR) is 155 cm³/mol. The number of nitro benzene ring substituents is 1. The molecular weight excluding hydrogens is 548 g/mol. The molecule has 11 nitrogen and oxygen atoms in total. The van der Waals surface area contributed by atoms with Crippen LogP contribution in [0.2, 0.25) is 0 Å². The van der Waals surface area contributed by atoms with Crippen LogP contribution in [0.5, 0.6) is 17.2 Å². The first-order chi connectivity index (χ1) is 19.7. The van der Waals surface area contributed by atoms with Crippen LogP contribution in [0, 0.1) is 10.1 Å². The van der Waals surface area contributed by atoms with Gasteiger partial charge >= 0.3 is 0 Å². The summed E-state index contributed by atoms with van der Waals surface area (Å²) in [5.41, 5.74) is 4.10. The van der Waals surface area contributed by atoms with Crippen LogP contribution >= 0.6 is 0 Å². The maximum absolute atomic E-state index is 12.5. The summed E-state index contributed by atoms with van der Waals surface area (Å²) in [6, 6.07) is 28.5. The lowest BCUT2D eigenvalue weighted by Gasteiger charge is -2.21. The number of hydrogen-bond acceptors (Lipinski definition) is 8. The van der Waals surface area contributed by atoms with E-state index < -0.39 is 27.4 Å². The SMILES string of the molecule is CS(=O)(=O)N(CC(=O)N/N=C\c1ccc(OCc2ccc([N+](=O)[O-])cc2)cc1)c1ccc(Oc2ccccc2)cc1. The van der Waals surface area contributed by atoms with Crippen molar-refractivity contribution in [1.29, 1.82) is 0 Å². The number of nitro groups is 1. The molecular formula is C29H26N4O7S. The highest BCUT2D eigenvalue weighted by molar-refractivity contribution is 7.92. The molecule has 0 atom stereocenters. The first kappa shape index (κ1) is 28.8. The van der Waals surface area contributed by atoms with Crippen molar-refractivity contribution in [3.63, 3.8) is 0 Å². The number of benzene rings is 4. The number of sulfonamides is 1. The number of para-hydroxylation sites is 1. The molecule has 0 radical (unpaired) electrons. The molecule has 0 bridgehead atoms. The van der Waals surface area contributed by atoms with E-state index in [1.807, 2.05) is 18.2 Å². The van der Waals surface area contributed by atoms with E-state index in [0.29, 0.717) is 28.5 Å². The molecule has 0 aliphatic heterocycles. The number of ether oxygens (including phenoxy) is 2. The van der Waals surface area contributed by atoms with Crippen molar-refractivity contribution >= 4 is 33.5 Å². The number of carbonyl (C=O) groups is 1. The second kappa shape index (κ2) is 13.2. The third kappa shape index (κ3) is 8.63. The summed E-state index contributed by atoms with van der Waals surface area (Å²) in [4.78, 5) is 22.8. The lowest BCUT2D eigenvalue weighted by atomic mass is 10.2. The molecule has 0 saturated carbocycles. The van der Waals surface area contributed by atoms with Gasteiger partial charge in [0, 0.05) is 12.1 Å². The van der Waals surface area contributed by atoms with E-state index in [1.54, 1.807) is 72.8 Å². The van der Waals surface area contributed by atoms with Crippen LogP contribution in [0.15, 0.2) is 108 Å². The van der Waals surface area contributed by atoms with Gasteiger partial charge in [-0.3, -0.25) is 19.2 Å². The lowest BCUT2D eigenvalue weighted by molar-refractivity contribution is -0.384. The van der Waals surface area contributed by atoms with Gasteiger partial charge in [0.15, 0.2) is 0 Å². The Morgan fingerprint density at radius 3 is 2.12 bits per heavy atom. The molecule has 0 saturated heterocycles. The first-order valence-corrected chi connectivity index (χ1v) is 14.1. The van der Waals surface area contributed by atoms with Gasteiger partial charge in [0.2, 0.25) is 10.0 Å². The van der Waals surface area contributed by atoms with Gasteiger partial charge in [-0.15, -0.1) is 0 Å². The van der Waals surface area contributed by atoms with Crippen LogP contribution in [0.1, 0.15) is 11.1 Å². The normalized spacial score (nSPS) is 11.1. The summed E-state index contributed by atoms with van der Waals surface area (Å²) in [7, 11) is -3.76. The average molecular weight is 575 g/mol. The summed E-state index contributed by atoms with van der Waals surface area (Å²) >= 11 is 0. The summed E-state index contributed by atoms with van der Waals surface area (Å²) < 4.78 is 37.2. The molecule has 4 aromatic carbocycles. The third-order valence-electron chi connectivity index (χ3n) is 5.63. The number of hydrazone groups is 1. The van der Waals surface area contributed by atoms with Crippen LogP contribution in [0.25, 0.3) is 0 Å². The third-order valence-corrected chi connectivity index (χ3v) is 6.77. The van der Waals surface area contributed by atoms with E-state index in [9.17, 15) is 23.3 Å². The minimum atomic E-state index is -3.76. The highest BCUT2D eigenvalue weighted by Crippen LogP contribution is 2.25. The van der Waals surface area contributed by atoms with E-state index in [4.69, 9.17) is 9.47 Å². The van der Waals surface area contributed by atoms with Crippen LogP contribution in [0.3, 0.4) is 0 Å². The fraction of sp³-hybridized carbons (Fsp3) is 0.103. The molecule has 1 amide bonds. The molecule has 41 heavy (non-hydrogen) atoms. The van der Waals surface area contributed by atoms with Crippen LogP contribution in [-0.2, 0) is 21.4 Å². The lowest BCUT2D eigenvalue weighted by Crippen LogP contribution is -2.38. The van der Waals surface area contributed by atoms with Crippen LogP contribution in [0.4, 0.5) is 11.4 Å². The van der Waals surface area contributed by atoms with E-state index in [1.165, 1.54) is 18.3 Å². The highest BCUT2D eigenvalue weighted by atomic mass is 32.2. The maximum atomic E-state index is 12.5. The van der Waals surface area contributed by atoms with Gasteiger partial charge < -0.3 is 9.47 Å². The van der Waals surface area contributed by atoms with Gasteiger partial charge in [-0.05, 0) is 83.9 Å². The number of non-ortho nitro benzene ring substituents is 1. The smallest absolute Gasteiger partial charge is 0.269 e. The van der Waals surface area contributed by atoms with Crippen molar-refractivity contribution in [1.82, 2.24) is 5.43 Å². The fourth-order valence-corrected chi connectivity index (χ4v) is 4.44. The number of anilines is 1. The zero-order valence-corrected chi connectivity index (χ0v) is 22.7. The molecule has 0 unspecified atom stereocenters. The zero-order chi connectivity index (χ0) is 29.2. The molecule has 0 aliphatic carbocycles. The first-order valence-electron chi connectivity index (χ1n) is 12.3. The van der Waals surface area contributed by atoms with E-state index in [0.717, 1.165) is 16.1 Å². The highest BCUT2D eigenvalue weighted by Gasteiger charge is 2.21. The topological polar surface area (TPSA) is 140 Å². The zero-order valence-electron chi connectivity index (χ0n) is 21.9. The molecule has 0 aromatic heterocycles. The molecule has 1 N–H and O–H groups in total. The van der Waals surface area contributed by atoms with Gasteiger partial charge in [0.25, 0.3) is 11.6 Å². The Bertz CT molecular complexity index is 1610. The molecule has 12 heteroatoms. The van der Waals surface area contributed by atoms with Gasteiger partial charge in [-0.2, -0.15) is 5.10 Å². The van der Waals surface area contributed by atoms with Crippen LogP contribution < -0.4 is 19.2 Å². The number of rotatable bonds is 12. The summed E-state index contributed by atoms with van der Waals surface area (Å²) in [6.45, 7) is -0.231. The van der Waals surface area contributed by atoms with Gasteiger partial charge in [-0.1, -0.05) is 18.2 Å². The van der Waals surface area contributed by atoms with Crippen molar-refractivity contribution in [2.75, 3.05) is 17.1 Å². The Balaban J connectivity index is 1.29. The number of nitrogens with one attached hydrogen (secondary N) is 1. The van der Waals surface area contributed by atoms with E-state index >= 15 is 0 Å². The minimum absolute atomic E-state index is 0.0109. The summed E-state index contributed by atoms with van der Waals surface area (Å²) in [5.74, 6) is 1.11. The number of carbonyl (C=O) groups excluding carboxylic acids is 1. The Labute approximate surface area is 236 Å². The second-order valence-electron chi connectivity index (χ2n) is 8.75. The minimum Gasteiger partial charge on any atom is -0.489 e. The average Bonchev–Trinajstić information content (AvgIpc) is 2.96. The number of amides is 1. The predicted octanol–water partition coefficient (Wildman–Crippen LogP) is 4.88. The summed E-state index contributed by atoms with van der Waals surface area (Å²) in [6.07, 6.45) is 2.43. The van der Waals surface area contributed by atoms with Crippen molar-refractivity contribution in [2.45, 2.75) is 6.61 Å². The standard InChI is InChI=1S/C29H26N4O7S/c1-41(37,38)32(24-13-17-28(18-14-24)40-27-5-3-2-4-6-27)20-29(34)31-30-19-22-9-15-26(16-10-22)39-21-23-7-11-25(12-8-23)33(35)36/h2-19H,20-21H2,1H3,(H,31,34)/b30-19-. The maximum Gasteiger partial charge on any atom is 0.269 e. The molecule has 0 fully saturated rings. The van der Waals surface area contributed by atoms with Crippen LogP contribution in [-0.4, -0.2) is 38.3 Å². The van der Waals surface area contributed by atoms with Gasteiger partial charge in [0.1, 0.15) is 30.4 Å². The monoisotopic (exact) mass is 574 g/mol. The Kier molecular flexibility index (Phi) is 9.28. The molecule has 0 aliphatic rings. The van der Waals surface area contributed by atoms with Gasteiger partial charge in [0.05, 0.1) is 23.1 Å². The van der Waals surface area contributed by atoms with Crippen molar-refractivity contribution in [3.05, 3.63) is 124 Å². The number of hydrogen-bond donors (Lipinski definition) is 1. The second-order valence-corrected chi connectivity index (χ2v) is 10.7. The Morgan fingerprint density at radius 2 is 1.51 bits per heavy atom. The quantitative estimate of drug-likeness (QED) is 0.144. The fourth-order valence-electron chi connectivity index (χ4n) is 3.58. The molecule has 0 spiro atoms. The van der Waals surface area contributed by atoms with Gasteiger partial charge in [-0.25, -0.2) is 13.8 Å². The summed E-state index contributed by atoms with van der Waals surface area (Å²) in [5, 5.41) is 14.7. The Morgan fingerprint density at radius 1 is 0.902 bits per heavy atom. The molecule has 4 rings (SSSR count). The molecule has 210 valence electrons.